The first-order chi connectivity index (χ1) is 12.7. The van der Waals surface area contributed by atoms with Crippen molar-refractivity contribution in [3.05, 3.63) is 39.6 Å². The molecule has 1 amide bonds. The van der Waals surface area contributed by atoms with Crippen LogP contribution in [-0.2, 0) is 13.0 Å². The van der Waals surface area contributed by atoms with Gasteiger partial charge >= 0.3 is 5.69 Å². The zero-order valence-corrected chi connectivity index (χ0v) is 16.7. The molecule has 0 saturated heterocycles. The van der Waals surface area contributed by atoms with E-state index in [1.54, 1.807) is 11.0 Å². The Morgan fingerprint density at radius 1 is 1.26 bits per heavy atom. The molecule has 1 atom stereocenters. The zero-order chi connectivity index (χ0) is 19.7. The summed E-state index contributed by atoms with van der Waals surface area (Å²) in [5.41, 5.74) is 0.455. The van der Waals surface area contributed by atoms with Crippen LogP contribution >= 0.6 is 0 Å². The molecule has 0 spiro atoms. The predicted octanol–water partition coefficient (Wildman–Crippen LogP) is 2.11. The van der Waals surface area contributed by atoms with Crippen molar-refractivity contribution in [1.29, 1.82) is 0 Å². The molecule has 8 nitrogen and oxygen atoms in total. The van der Waals surface area contributed by atoms with E-state index in [2.05, 4.69) is 52.4 Å². The number of carbonyl (C=O) groups excluding carboxylic acids is 1. The van der Waals surface area contributed by atoms with Crippen LogP contribution < -0.4 is 5.69 Å². The molecule has 2 aromatic heterocycles. The van der Waals surface area contributed by atoms with E-state index in [0.717, 1.165) is 23.8 Å². The Kier molecular flexibility index (Phi) is 5.43. The maximum Gasteiger partial charge on any atom is 0.345 e. The minimum atomic E-state index is -0.480. The van der Waals surface area contributed by atoms with Crippen molar-refractivity contribution < 1.29 is 4.79 Å². The molecule has 0 saturated carbocycles. The van der Waals surface area contributed by atoms with Crippen LogP contribution in [0.15, 0.2) is 10.9 Å². The number of hydrogen-bond donors (Lipinski definition) is 1. The third-order valence-corrected chi connectivity index (χ3v) is 4.74. The lowest BCUT2D eigenvalue weighted by Crippen LogP contribution is -2.42. The molecule has 146 valence electrons. The summed E-state index contributed by atoms with van der Waals surface area (Å²) in [5, 5.41) is 8.43. The normalized spacial score (nSPS) is 16.9. The first-order valence-electron chi connectivity index (χ1n) is 9.54. The van der Waals surface area contributed by atoms with E-state index >= 15 is 0 Å². The maximum absolute atomic E-state index is 13.1. The van der Waals surface area contributed by atoms with Crippen molar-refractivity contribution in [2.24, 2.45) is 11.8 Å². The largest absolute Gasteiger partial charge is 0.345 e. The highest BCUT2D eigenvalue weighted by Gasteiger charge is 2.32. The lowest BCUT2D eigenvalue weighted by molar-refractivity contribution is 0.0654. The summed E-state index contributed by atoms with van der Waals surface area (Å²) >= 11 is 0. The molecule has 3 heterocycles. The Morgan fingerprint density at radius 2 is 2.00 bits per heavy atom. The van der Waals surface area contributed by atoms with Crippen LogP contribution in [0.5, 0.6) is 0 Å². The fourth-order valence-electron chi connectivity index (χ4n) is 3.78. The third kappa shape index (κ3) is 4.26. The van der Waals surface area contributed by atoms with Gasteiger partial charge in [0.25, 0.3) is 5.91 Å². The van der Waals surface area contributed by atoms with Gasteiger partial charge in [-0.2, -0.15) is 4.98 Å². The van der Waals surface area contributed by atoms with Crippen LogP contribution in [0.3, 0.4) is 0 Å². The van der Waals surface area contributed by atoms with Crippen LogP contribution in [0, 0.1) is 18.8 Å². The highest BCUT2D eigenvalue weighted by Crippen LogP contribution is 2.27. The highest BCUT2D eigenvalue weighted by molar-refractivity contribution is 5.92. The van der Waals surface area contributed by atoms with E-state index < -0.39 is 5.69 Å². The van der Waals surface area contributed by atoms with Gasteiger partial charge in [0, 0.05) is 12.2 Å². The monoisotopic (exact) mass is 372 g/mol. The molecule has 0 aliphatic carbocycles. The van der Waals surface area contributed by atoms with Gasteiger partial charge in [-0.15, -0.1) is 10.2 Å². The molecule has 0 aromatic carbocycles. The van der Waals surface area contributed by atoms with Gasteiger partial charge in [-0.3, -0.25) is 4.79 Å². The molecular weight excluding hydrogens is 344 g/mol. The average Bonchev–Trinajstić information content (AvgIpc) is 2.94. The second-order valence-corrected chi connectivity index (χ2v) is 8.20. The highest BCUT2D eigenvalue weighted by atomic mass is 16.2. The number of amides is 1. The quantitative estimate of drug-likeness (QED) is 0.867. The van der Waals surface area contributed by atoms with Gasteiger partial charge in [-0.25, -0.2) is 4.79 Å². The Morgan fingerprint density at radius 3 is 2.67 bits per heavy atom. The molecule has 1 aliphatic rings. The van der Waals surface area contributed by atoms with Crippen LogP contribution in [-0.4, -0.2) is 42.1 Å². The Hall–Kier alpha value is -2.51. The van der Waals surface area contributed by atoms with Gasteiger partial charge in [0.1, 0.15) is 11.5 Å². The number of H-pyrrole nitrogens is 1. The number of hydrogen-bond acceptors (Lipinski definition) is 5. The molecule has 3 rings (SSSR count). The van der Waals surface area contributed by atoms with E-state index in [1.807, 2.05) is 6.92 Å². The second-order valence-electron chi connectivity index (χ2n) is 8.20. The summed E-state index contributed by atoms with van der Waals surface area (Å²) < 4.78 is 2.14. The molecule has 2 aromatic rings. The lowest BCUT2D eigenvalue weighted by Gasteiger charge is -2.35. The molecule has 0 radical (unpaired) electrons. The van der Waals surface area contributed by atoms with E-state index in [0.29, 0.717) is 31.3 Å². The number of carbonyl (C=O) groups is 1. The van der Waals surface area contributed by atoms with Crippen LogP contribution in [0.2, 0.25) is 0 Å². The summed E-state index contributed by atoms with van der Waals surface area (Å²) in [7, 11) is 0. The SMILES string of the molecule is Cc1nnc2n1[C@@H](CC(C)C)CN(C(=O)c1cc(CC(C)C)[nH]c(=O)n1)C2. The fourth-order valence-corrected chi connectivity index (χ4v) is 3.78. The molecule has 1 N–H and O–H groups in total. The van der Waals surface area contributed by atoms with E-state index in [4.69, 9.17) is 0 Å². The van der Waals surface area contributed by atoms with E-state index in [1.165, 1.54) is 0 Å². The van der Waals surface area contributed by atoms with Gasteiger partial charge in [0.2, 0.25) is 0 Å². The molecular formula is C19H28N6O2. The summed E-state index contributed by atoms with van der Waals surface area (Å²) in [5.74, 6) is 2.28. The number of nitrogens with one attached hydrogen (secondary N) is 1. The summed E-state index contributed by atoms with van der Waals surface area (Å²) in [6.45, 7) is 11.3. The van der Waals surface area contributed by atoms with Crippen molar-refractivity contribution in [3.8, 4) is 0 Å². The molecule has 0 unspecified atom stereocenters. The molecule has 0 bridgehead atoms. The zero-order valence-electron chi connectivity index (χ0n) is 16.7. The van der Waals surface area contributed by atoms with Gasteiger partial charge in [0.05, 0.1) is 12.6 Å². The second kappa shape index (κ2) is 7.62. The Labute approximate surface area is 159 Å². The molecule has 27 heavy (non-hydrogen) atoms. The van der Waals surface area contributed by atoms with Gasteiger partial charge in [-0.1, -0.05) is 27.7 Å². The van der Waals surface area contributed by atoms with E-state index in [-0.39, 0.29) is 17.6 Å². The summed E-state index contributed by atoms with van der Waals surface area (Å²) in [6.07, 6.45) is 1.62. The minimum absolute atomic E-state index is 0.129. The lowest BCUT2D eigenvalue weighted by atomic mass is 10.0. The maximum atomic E-state index is 13.1. The topological polar surface area (TPSA) is 96.8 Å². The average molecular weight is 372 g/mol. The van der Waals surface area contributed by atoms with Gasteiger partial charge in [0.15, 0.2) is 5.82 Å². The molecule has 0 fully saturated rings. The number of fused-ring (bicyclic) bond motifs is 1. The fraction of sp³-hybridized carbons (Fsp3) is 0.632. The van der Waals surface area contributed by atoms with Crippen LogP contribution in [0.25, 0.3) is 0 Å². The van der Waals surface area contributed by atoms with Crippen LogP contribution in [0.1, 0.15) is 68.0 Å². The minimum Gasteiger partial charge on any atom is -0.328 e. The first-order valence-corrected chi connectivity index (χ1v) is 9.54. The van der Waals surface area contributed by atoms with Crippen molar-refractivity contribution in [2.45, 2.75) is 60.0 Å². The number of nitrogens with zero attached hydrogens (tertiary/aromatic N) is 5. The third-order valence-electron chi connectivity index (χ3n) is 4.74. The van der Waals surface area contributed by atoms with Gasteiger partial charge < -0.3 is 14.5 Å². The van der Waals surface area contributed by atoms with Gasteiger partial charge in [-0.05, 0) is 37.7 Å². The number of aromatic amines is 1. The molecule has 1 aliphatic heterocycles. The predicted molar refractivity (Wildman–Crippen MR) is 101 cm³/mol. The first kappa shape index (κ1) is 19.3. The summed E-state index contributed by atoms with van der Waals surface area (Å²) in [4.78, 5) is 33.4. The van der Waals surface area contributed by atoms with E-state index in [9.17, 15) is 9.59 Å². The molecule has 8 heteroatoms. The smallest absolute Gasteiger partial charge is 0.328 e. The summed E-state index contributed by atoms with van der Waals surface area (Å²) in [6, 6.07) is 1.83. The number of aryl methyl sites for hydroxylation is 1. The standard InChI is InChI=1S/C19H28N6O2/c1-11(2)6-14-8-16(21-19(27)20-14)18(26)24-9-15(7-12(3)4)25-13(5)22-23-17(25)10-24/h8,11-12,15H,6-7,9-10H2,1-5H3,(H,20,21,27)/t15-/m0/s1. The number of rotatable bonds is 5. The van der Waals surface area contributed by atoms with Crippen LogP contribution in [0.4, 0.5) is 0 Å². The van der Waals surface area contributed by atoms with Crippen molar-refractivity contribution in [3.63, 3.8) is 0 Å². The Balaban J connectivity index is 1.89. The number of aromatic nitrogens is 5. The Bertz CT molecular complexity index is 883. The van der Waals surface area contributed by atoms with Crippen molar-refractivity contribution in [1.82, 2.24) is 29.6 Å². The van der Waals surface area contributed by atoms with Crippen molar-refractivity contribution >= 4 is 5.91 Å². The van der Waals surface area contributed by atoms with Crippen molar-refractivity contribution in [2.75, 3.05) is 6.54 Å².